The fourth-order valence-corrected chi connectivity index (χ4v) is 2.39. The molecule has 1 heterocycles. The van der Waals surface area contributed by atoms with Crippen LogP contribution in [0.15, 0.2) is 30.3 Å². The molecular formula is C16H19NO5. The van der Waals surface area contributed by atoms with E-state index in [1.165, 1.54) is 12.0 Å². The molecule has 1 aromatic rings. The third-order valence-electron chi connectivity index (χ3n) is 3.62. The number of carbonyl (C=O) groups is 3. The van der Waals surface area contributed by atoms with Gasteiger partial charge in [-0.25, -0.2) is 0 Å². The van der Waals surface area contributed by atoms with Crippen molar-refractivity contribution in [1.29, 1.82) is 0 Å². The molecule has 1 aliphatic rings. The van der Waals surface area contributed by atoms with Crippen molar-refractivity contribution in [3.63, 3.8) is 0 Å². The maximum absolute atomic E-state index is 12.4. The van der Waals surface area contributed by atoms with Gasteiger partial charge in [-0.1, -0.05) is 18.2 Å². The smallest absolute Gasteiger partial charge is 0.318 e. The standard InChI is InChI=1S/C16H19NO5/c1-11(22-12-6-4-3-5-7-12)15(19)17-9-8-14(18)13(10-17)16(20)21-2/h3-7,11,13H,8-10H2,1-2H3. The van der Waals surface area contributed by atoms with Crippen LogP contribution in [0.1, 0.15) is 13.3 Å². The largest absolute Gasteiger partial charge is 0.481 e. The Labute approximate surface area is 129 Å². The van der Waals surface area contributed by atoms with E-state index in [2.05, 4.69) is 4.74 Å². The van der Waals surface area contributed by atoms with E-state index in [1.807, 2.05) is 18.2 Å². The van der Waals surface area contributed by atoms with Crippen LogP contribution < -0.4 is 4.74 Å². The molecule has 0 saturated carbocycles. The van der Waals surface area contributed by atoms with E-state index in [1.54, 1.807) is 19.1 Å². The molecule has 118 valence electrons. The van der Waals surface area contributed by atoms with Crippen LogP contribution in [-0.2, 0) is 19.1 Å². The van der Waals surface area contributed by atoms with E-state index in [4.69, 9.17) is 4.74 Å². The number of nitrogens with zero attached hydrogens (tertiary/aromatic N) is 1. The molecule has 6 nitrogen and oxygen atoms in total. The normalized spacial score (nSPS) is 19.5. The summed E-state index contributed by atoms with van der Waals surface area (Å²) < 4.78 is 10.2. The zero-order valence-electron chi connectivity index (χ0n) is 12.7. The SMILES string of the molecule is COC(=O)C1CN(C(=O)C(C)Oc2ccccc2)CCC1=O. The molecule has 1 aliphatic heterocycles. The quantitative estimate of drug-likeness (QED) is 0.614. The summed E-state index contributed by atoms with van der Waals surface area (Å²) >= 11 is 0. The van der Waals surface area contributed by atoms with Gasteiger partial charge in [0.05, 0.1) is 7.11 Å². The Hall–Kier alpha value is -2.37. The van der Waals surface area contributed by atoms with E-state index in [9.17, 15) is 14.4 Å². The summed E-state index contributed by atoms with van der Waals surface area (Å²) in [5.41, 5.74) is 0. The lowest BCUT2D eigenvalue weighted by Gasteiger charge is -2.32. The van der Waals surface area contributed by atoms with Crippen LogP contribution in [0.5, 0.6) is 5.75 Å². The van der Waals surface area contributed by atoms with Crippen molar-refractivity contribution < 1.29 is 23.9 Å². The zero-order chi connectivity index (χ0) is 16.1. The minimum absolute atomic E-state index is 0.0484. The van der Waals surface area contributed by atoms with Crippen molar-refractivity contribution in [2.45, 2.75) is 19.4 Å². The number of carbonyl (C=O) groups excluding carboxylic acids is 3. The Kier molecular flexibility index (Phi) is 5.14. The van der Waals surface area contributed by atoms with Gasteiger partial charge in [0.25, 0.3) is 5.91 Å². The van der Waals surface area contributed by atoms with Crippen LogP contribution in [0.25, 0.3) is 0 Å². The molecule has 1 amide bonds. The fraction of sp³-hybridized carbons (Fsp3) is 0.438. The van der Waals surface area contributed by atoms with E-state index < -0.39 is 18.0 Å². The van der Waals surface area contributed by atoms with Crippen molar-refractivity contribution in [3.05, 3.63) is 30.3 Å². The topological polar surface area (TPSA) is 72.9 Å². The Morgan fingerprint density at radius 1 is 1.27 bits per heavy atom. The summed E-state index contributed by atoms with van der Waals surface area (Å²) in [5, 5.41) is 0. The molecule has 2 atom stereocenters. The first kappa shape index (κ1) is 16.0. The maximum Gasteiger partial charge on any atom is 0.318 e. The number of amides is 1. The first-order valence-electron chi connectivity index (χ1n) is 7.14. The molecule has 6 heteroatoms. The zero-order valence-corrected chi connectivity index (χ0v) is 12.7. The van der Waals surface area contributed by atoms with Crippen LogP contribution in [-0.4, -0.2) is 48.9 Å². The van der Waals surface area contributed by atoms with Gasteiger partial charge in [-0.05, 0) is 19.1 Å². The Bertz CT molecular complexity index is 549. The molecule has 2 rings (SSSR count). The third kappa shape index (κ3) is 3.63. The number of rotatable bonds is 4. The number of hydrogen-bond donors (Lipinski definition) is 0. The summed E-state index contributed by atoms with van der Waals surface area (Å²) in [6, 6.07) is 9.02. The number of benzene rings is 1. The summed E-state index contributed by atoms with van der Waals surface area (Å²) in [7, 11) is 1.23. The lowest BCUT2D eigenvalue weighted by molar-refractivity contribution is -0.154. The molecule has 0 N–H and O–H groups in total. The monoisotopic (exact) mass is 305 g/mol. The predicted molar refractivity (Wildman–Crippen MR) is 78.2 cm³/mol. The first-order valence-corrected chi connectivity index (χ1v) is 7.14. The van der Waals surface area contributed by atoms with Crippen molar-refractivity contribution >= 4 is 17.7 Å². The molecule has 2 unspecified atom stereocenters. The molecule has 1 saturated heterocycles. The van der Waals surface area contributed by atoms with E-state index in [0.29, 0.717) is 12.3 Å². The number of likely N-dealkylation sites (tertiary alicyclic amines) is 1. The number of para-hydroxylation sites is 1. The summed E-state index contributed by atoms with van der Waals surface area (Å²) in [4.78, 5) is 37.2. The summed E-state index contributed by atoms with van der Waals surface area (Å²) in [6.45, 7) is 2.00. The van der Waals surface area contributed by atoms with E-state index in [-0.39, 0.29) is 24.7 Å². The lowest BCUT2D eigenvalue weighted by atomic mass is 9.96. The van der Waals surface area contributed by atoms with Crippen LogP contribution in [0.3, 0.4) is 0 Å². The van der Waals surface area contributed by atoms with Gasteiger partial charge in [-0.3, -0.25) is 14.4 Å². The Balaban J connectivity index is 1.99. The van der Waals surface area contributed by atoms with Crippen molar-refractivity contribution in [2.24, 2.45) is 5.92 Å². The molecular weight excluding hydrogens is 286 g/mol. The second kappa shape index (κ2) is 7.06. The van der Waals surface area contributed by atoms with Crippen LogP contribution >= 0.6 is 0 Å². The van der Waals surface area contributed by atoms with Gasteiger partial charge in [0.1, 0.15) is 11.7 Å². The summed E-state index contributed by atoms with van der Waals surface area (Å²) in [5.74, 6) is -1.33. The number of ether oxygens (including phenoxy) is 2. The van der Waals surface area contributed by atoms with Crippen molar-refractivity contribution in [1.82, 2.24) is 4.90 Å². The Morgan fingerprint density at radius 3 is 2.59 bits per heavy atom. The van der Waals surface area contributed by atoms with Crippen LogP contribution in [0, 0.1) is 5.92 Å². The average Bonchev–Trinajstić information content (AvgIpc) is 2.54. The molecule has 0 aliphatic carbocycles. The van der Waals surface area contributed by atoms with Crippen LogP contribution in [0.2, 0.25) is 0 Å². The highest BCUT2D eigenvalue weighted by Gasteiger charge is 2.36. The molecule has 1 aromatic carbocycles. The van der Waals surface area contributed by atoms with Gasteiger partial charge >= 0.3 is 5.97 Å². The number of Topliss-reactive ketones (excluding diaryl/α,β-unsaturated/α-hetero) is 1. The van der Waals surface area contributed by atoms with Gasteiger partial charge < -0.3 is 14.4 Å². The fourth-order valence-electron chi connectivity index (χ4n) is 2.39. The van der Waals surface area contributed by atoms with Gasteiger partial charge in [0, 0.05) is 19.5 Å². The molecule has 0 aromatic heterocycles. The number of methoxy groups -OCH3 is 1. The number of ketones is 1. The van der Waals surface area contributed by atoms with Crippen molar-refractivity contribution in [2.75, 3.05) is 20.2 Å². The number of esters is 1. The van der Waals surface area contributed by atoms with Gasteiger partial charge in [-0.2, -0.15) is 0 Å². The molecule has 0 spiro atoms. The van der Waals surface area contributed by atoms with Gasteiger partial charge in [0.2, 0.25) is 0 Å². The molecule has 0 bridgehead atoms. The minimum atomic E-state index is -0.897. The van der Waals surface area contributed by atoms with Gasteiger partial charge in [0.15, 0.2) is 11.9 Å². The summed E-state index contributed by atoms with van der Waals surface area (Å²) in [6.07, 6.45) is -0.530. The van der Waals surface area contributed by atoms with Crippen molar-refractivity contribution in [3.8, 4) is 5.75 Å². The molecule has 0 radical (unpaired) electrons. The maximum atomic E-state index is 12.4. The number of piperidine rings is 1. The predicted octanol–water partition coefficient (Wildman–Crippen LogP) is 1.04. The van der Waals surface area contributed by atoms with Crippen LogP contribution in [0.4, 0.5) is 0 Å². The second-order valence-electron chi connectivity index (χ2n) is 5.15. The number of hydrogen-bond acceptors (Lipinski definition) is 5. The molecule has 22 heavy (non-hydrogen) atoms. The highest BCUT2D eigenvalue weighted by Crippen LogP contribution is 2.17. The highest BCUT2D eigenvalue weighted by molar-refractivity contribution is 6.00. The lowest BCUT2D eigenvalue weighted by Crippen LogP contribution is -2.50. The van der Waals surface area contributed by atoms with Gasteiger partial charge in [-0.15, -0.1) is 0 Å². The average molecular weight is 305 g/mol. The second-order valence-corrected chi connectivity index (χ2v) is 5.15. The van der Waals surface area contributed by atoms with E-state index in [0.717, 1.165) is 0 Å². The Morgan fingerprint density at radius 2 is 1.95 bits per heavy atom. The van der Waals surface area contributed by atoms with E-state index >= 15 is 0 Å². The molecule has 1 fully saturated rings. The third-order valence-corrected chi connectivity index (χ3v) is 3.62. The highest BCUT2D eigenvalue weighted by atomic mass is 16.5. The first-order chi connectivity index (χ1) is 10.5. The minimum Gasteiger partial charge on any atom is -0.481 e.